The predicted molar refractivity (Wildman–Crippen MR) is 130 cm³/mol. The van der Waals surface area contributed by atoms with Gasteiger partial charge < -0.3 is 38.9 Å². The average molecular weight is 553 g/mol. The highest BCUT2D eigenvalue weighted by Gasteiger charge is 2.30. The molecule has 4 rings (SSSR count). The van der Waals surface area contributed by atoms with Gasteiger partial charge in [0.25, 0.3) is 11.5 Å². The van der Waals surface area contributed by atoms with Gasteiger partial charge in [-0.15, -0.1) is 0 Å². The van der Waals surface area contributed by atoms with Crippen molar-refractivity contribution in [3.8, 4) is 5.75 Å². The van der Waals surface area contributed by atoms with Gasteiger partial charge in [-0.05, 0) is 24.3 Å². The summed E-state index contributed by atoms with van der Waals surface area (Å²) in [5.74, 6) is -0.598. The van der Waals surface area contributed by atoms with Gasteiger partial charge in [0.1, 0.15) is 19.6 Å². The van der Waals surface area contributed by atoms with Crippen LogP contribution in [-0.4, -0.2) is 57.9 Å². The molecule has 0 spiro atoms. The van der Waals surface area contributed by atoms with Crippen LogP contribution in [-0.2, 0) is 41.0 Å². The van der Waals surface area contributed by atoms with Gasteiger partial charge in [-0.1, -0.05) is 6.07 Å². The molecule has 3 heterocycles. The first kappa shape index (κ1) is 27.3. The van der Waals surface area contributed by atoms with E-state index in [1.807, 2.05) is 0 Å². The molecule has 16 heteroatoms. The van der Waals surface area contributed by atoms with Crippen LogP contribution >= 0.6 is 7.60 Å². The van der Waals surface area contributed by atoms with Crippen LogP contribution < -0.4 is 16.0 Å². The van der Waals surface area contributed by atoms with E-state index in [0.29, 0.717) is 5.56 Å². The van der Waals surface area contributed by atoms with Gasteiger partial charge >= 0.3 is 7.60 Å². The molecule has 0 saturated heterocycles. The number of benzene rings is 1. The predicted octanol–water partition coefficient (Wildman–Crippen LogP) is 1.97. The fourth-order valence-electron chi connectivity index (χ4n) is 3.35. The number of nitrogens with one attached hydrogen (secondary N) is 1. The maximum Gasteiger partial charge on any atom is 0.356 e. The summed E-state index contributed by atoms with van der Waals surface area (Å²) in [5, 5.41) is 9.41. The molecule has 1 aliphatic heterocycles. The SMILES string of the molecule is C=C1OC(CO)=C(COP(=O)(COCCn2cnc3c(=O)[nH]c(N)nc32)OCc2ccc(OC)c(F)c2)O1. The number of ether oxygens (including phenoxy) is 4. The number of nitrogens with zero attached hydrogens (tertiary/aromatic N) is 3. The Labute approximate surface area is 214 Å². The minimum absolute atomic E-state index is 0.00865. The quantitative estimate of drug-likeness (QED) is 0.207. The summed E-state index contributed by atoms with van der Waals surface area (Å²) in [5.41, 5.74) is 5.86. The Morgan fingerprint density at radius 3 is 2.76 bits per heavy atom. The van der Waals surface area contributed by atoms with Crippen molar-refractivity contribution in [3.63, 3.8) is 0 Å². The summed E-state index contributed by atoms with van der Waals surface area (Å²) in [7, 11) is -2.63. The summed E-state index contributed by atoms with van der Waals surface area (Å²) >= 11 is 0. The molecule has 1 atom stereocenters. The Morgan fingerprint density at radius 1 is 1.26 bits per heavy atom. The van der Waals surface area contributed by atoms with E-state index < -0.39 is 31.9 Å². The van der Waals surface area contributed by atoms with Crippen LogP contribution in [0.25, 0.3) is 11.2 Å². The second-order valence-electron chi connectivity index (χ2n) is 7.81. The highest BCUT2D eigenvalue weighted by molar-refractivity contribution is 7.53. The monoisotopic (exact) mass is 553 g/mol. The summed E-state index contributed by atoms with van der Waals surface area (Å²) in [4.78, 5) is 22.4. The molecule has 3 aromatic rings. The molecule has 38 heavy (non-hydrogen) atoms. The number of nitrogen functional groups attached to an aromatic ring is 1. The molecule has 0 fully saturated rings. The van der Waals surface area contributed by atoms with Gasteiger partial charge in [0.15, 0.2) is 34.2 Å². The van der Waals surface area contributed by atoms with E-state index in [1.54, 1.807) is 10.6 Å². The molecule has 1 aromatic carbocycles. The summed E-state index contributed by atoms with van der Waals surface area (Å²) in [6.07, 6.45) is 0.908. The van der Waals surface area contributed by atoms with Gasteiger partial charge in [-0.3, -0.25) is 18.9 Å². The average Bonchev–Trinajstić information content (AvgIpc) is 3.47. The third-order valence-corrected chi connectivity index (χ3v) is 6.73. The number of H-pyrrole nitrogens is 1. The minimum Gasteiger partial charge on any atom is -0.494 e. The molecular weight excluding hydrogens is 528 g/mol. The Balaban J connectivity index is 1.42. The Bertz CT molecular complexity index is 1470. The van der Waals surface area contributed by atoms with Gasteiger partial charge in [0, 0.05) is 6.54 Å². The number of hydrogen-bond acceptors (Lipinski definition) is 12. The molecular formula is C22H25FN5O9P. The Kier molecular flexibility index (Phi) is 8.44. The highest BCUT2D eigenvalue weighted by Crippen LogP contribution is 2.50. The van der Waals surface area contributed by atoms with Crippen LogP contribution in [0.5, 0.6) is 5.75 Å². The van der Waals surface area contributed by atoms with Crippen molar-refractivity contribution < 1.29 is 42.1 Å². The van der Waals surface area contributed by atoms with Crippen molar-refractivity contribution >= 4 is 24.7 Å². The summed E-state index contributed by atoms with van der Waals surface area (Å²) in [6.45, 7) is 2.55. The number of imidazole rings is 1. The van der Waals surface area contributed by atoms with Crippen LogP contribution in [0.15, 0.2) is 53.4 Å². The lowest BCUT2D eigenvalue weighted by molar-refractivity contribution is 0.114. The lowest BCUT2D eigenvalue weighted by Crippen LogP contribution is -2.13. The third kappa shape index (κ3) is 6.38. The fraction of sp³-hybridized carbons (Fsp3) is 0.318. The standard InChI is InChI=1S/C22H25FN5O9P/c1-13-36-17(8-29)18(37-13)10-35-38(31,34-9-14-3-4-16(32-2)15(23)7-14)12-33-6-5-28-11-25-19-20(28)26-22(24)27-21(19)30/h3-4,7,11,29H,1,5-6,8-10,12H2,2H3,(H3,24,26,27,30). The largest absolute Gasteiger partial charge is 0.494 e. The van der Waals surface area contributed by atoms with Gasteiger partial charge in [0.05, 0.1) is 26.7 Å². The number of methoxy groups -OCH3 is 1. The maximum absolute atomic E-state index is 14.1. The lowest BCUT2D eigenvalue weighted by atomic mass is 10.2. The number of aromatic amines is 1. The third-order valence-electron chi connectivity index (χ3n) is 5.18. The zero-order valence-corrected chi connectivity index (χ0v) is 21.1. The summed E-state index contributed by atoms with van der Waals surface area (Å²) < 4.78 is 61.0. The Hall–Kier alpha value is -3.75. The number of fused-ring (bicyclic) bond motifs is 1. The van der Waals surface area contributed by atoms with E-state index >= 15 is 0 Å². The number of aliphatic hydroxyl groups is 1. The van der Waals surface area contributed by atoms with Crippen LogP contribution in [0.1, 0.15) is 5.56 Å². The number of halogens is 1. The molecule has 4 N–H and O–H groups in total. The first-order valence-electron chi connectivity index (χ1n) is 11.1. The van der Waals surface area contributed by atoms with E-state index in [0.717, 1.165) is 0 Å². The first-order valence-corrected chi connectivity index (χ1v) is 12.8. The molecule has 0 radical (unpaired) electrons. The number of rotatable bonds is 13. The second-order valence-corrected chi connectivity index (χ2v) is 9.80. The number of aliphatic hydroxyl groups excluding tert-OH is 1. The lowest BCUT2D eigenvalue weighted by Gasteiger charge is -2.19. The fourth-order valence-corrected chi connectivity index (χ4v) is 4.59. The Morgan fingerprint density at radius 2 is 2.03 bits per heavy atom. The number of anilines is 1. The van der Waals surface area contributed by atoms with Gasteiger partial charge in [0.2, 0.25) is 5.95 Å². The number of nitrogens with two attached hydrogens (primary N) is 1. The molecule has 0 saturated carbocycles. The molecule has 2 aromatic heterocycles. The highest BCUT2D eigenvalue weighted by atomic mass is 31.2. The van der Waals surface area contributed by atoms with Crippen molar-refractivity contribution in [2.24, 2.45) is 0 Å². The van der Waals surface area contributed by atoms with Crippen molar-refractivity contribution in [3.05, 3.63) is 70.3 Å². The van der Waals surface area contributed by atoms with Crippen LogP contribution in [0.4, 0.5) is 10.3 Å². The zero-order chi connectivity index (χ0) is 27.3. The van der Waals surface area contributed by atoms with Crippen molar-refractivity contribution in [1.29, 1.82) is 0 Å². The van der Waals surface area contributed by atoms with Gasteiger partial charge in [-0.25, -0.2) is 9.37 Å². The minimum atomic E-state index is -3.97. The van der Waals surface area contributed by atoms with E-state index in [2.05, 4.69) is 21.5 Å². The second kappa shape index (κ2) is 11.8. The molecule has 204 valence electrons. The number of hydrogen-bond donors (Lipinski definition) is 3. The topological polar surface area (TPSA) is 182 Å². The molecule has 1 aliphatic rings. The molecule has 0 amide bonds. The zero-order valence-electron chi connectivity index (χ0n) is 20.2. The van der Waals surface area contributed by atoms with Crippen molar-refractivity contribution in [2.45, 2.75) is 13.2 Å². The smallest absolute Gasteiger partial charge is 0.356 e. The van der Waals surface area contributed by atoms with Crippen LogP contribution in [0, 0.1) is 5.82 Å². The van der Waals surface area contributed by atoms with E-state index in [-0.39, 0.29) is 66.7 Å². The van der Waals surface area contributed by atoms with E-state index in [9.17, 15) is 18.9 Å². The normalized spacial score (nSPS) is 15.0. The number of aromatic nitrogens is 4. The van der Waals surface area contributed by atoms with E-state index in [4.69, 9.17) is 33.7 Å². The van der Waals surface area contributed by atoms with Gasteiger partial charge in [-0.2, -0.15) is 4.98 Å². The summed E-state index contributed by atoms with van der Waals surface area (Å²) in [6, 6.07) is 4.13. The van der Waals surface area contributed by atoms with Crippen molar-refractivity contribution in [2.75, 3.05) is 39.0 Å². The molecule has 1 unspecified atom stereocenters. The first-order chi connectivity index (χ1) is 18.2. The van der Waals surface area contributed by atoms with Crippen LogP contribution in [0.3, 0.4) is 0 Å². The molecule has 14 nitrogen and oxygen atoms in total. The van der Waals surface area contributed by atoms with Crippen LogP contribution in [0.2, 0.25) is 0 Å². The molecule has 0 aliphatic carbocycles. The van der Waals surface area contributed by atoms with Crippen molar-refractivity contribution in [1.82, 2.24) is 19.5 Å². The van der Waals surface area contributed by atoms with E-state index in [1.165, 1.54) is 25.6 Å². The maximum atomic E-state index is 14.1. The molecule has 0 bridgehead atoms.